The molecule has 2 aromatic heterocycles. The van der Waals surface area contributed by atoms with Crippen molar-refractivity contribution >= 4 is 35.2 Å². The van der Waals surface area contributed by atoms with E-state index in [0.29, 0.717) is 40.5 Å². The minimum Gasteiger partial charge on any atom is -0.465 e. The molecular formula is C45H46ClN8O4+. The van der Waals surface area contributed by atoms with Gasteiger partial charge in [0.2, 0.25) is 0 Å². The number of likely N-dealkylation sites (N-methyl/N-ethyl adjacent to an activating group) is 1. The molecule has 296 valence electrons. The number of carbonyl (C=O) groups excluding carboxylic acids is 2. The number of aromatic nitrogens is 4. The molecule has 4 N–H and O–H groups in total. The van der Waals surface area contributed by atoms with Crippen LogP contribution >= 0.6 is 11.6 Å². The van der Waals surface area contributed by atoms with E-state index in [-0.39, 0.29) is 23.9 Å². The number of likely N-dealkylation sites (tertiary alicyclic amines) is 2. The second-order valence-electron chi connectivity index (χ2n) is 15.6. The largest absolute Gasteiger partial charge is 0.465 e. The fourth-order valence-electron chi connectivity index (χ4n) is 8.25. The minimum absolute atomic E-state index is 0.0886. The zero-order valence-electron chi connectivity index (χ0n) is 32.4. The summed E-state index contributed by atoms with van der Waals surface area (Å²) in [6, 6.07) is 31.8. The van der Waals surface area contributed by atoms with Crippen molar-refractivity contribution in [2.75, 3.05) is 33.7 Å². The van der Waals surface area contributed by atoms with Gasteiger partial charge in [-0.05, 0) is 65.6 Å². The molecule has 58 heavy (non-hydrogen) atoms. The predicted octanol–water partition coefficient (Wildman–Crippen LogP) is 8.39. The van der Waals surface area contributed by atoms with E-state index >= 15 is 0 Å². The van der Waals surface area contributed by atoms with E-state index in [1.54, 1.807) is 35.4 Å². The second kappa shape index (κ2) is 16.3. The number of halogens is 1. The third-order valence-electron chi connectivity index (χ3n) is 11.3. The van der Waals surface area contributed by atoms with Crippen molar-refractivity contribution < 1.29 is 19.5 Å². The zero-order chi connectivity index (χ0) is 40.4. The molecular weight excluding hydrogens is 752 g/mol. The average molecular weight is 798 g/mol. The van der Waals surface area contributed by atoms with Crippen LogP contribution in [0.5, 0.6) is 0 Å². The third kappa shape index (κ3) is 8.11. The monoisotopic (exact) mass is 797 g/mol. The Bertz CT molecular complexity index is 2410. The highest BCUT2D eigenvalue weighted by molar-refractivity contribution is 6.30. The molecule has 0 radical (unpaired) electrons. The first-order valence-electron chi connectivity index (χ1n) is 19.6. The van der Waals surface area contributed by atoms with E-state index in [2.05, 4.69) is 56.7 Å². The molecule has 2 aliphatic rings. The summed E-state index contributed by atoms with van der Waals surface area (Å²) >= 11 is 6.25. The molecule has 4 heterocycles. The first-order chi connectivity index (χ1) is 28.0. The maximum absolute atomic E-state index is 13.7. The van der Waals surface area contributed by atoms with Gasteiger partial charge in [-0.1, -0.05) is 96.5 Å². The second-order valence-corrected chi connectivity index (χ2v) is 16.0. The molecule has 12 nitrogen and oxygen atoms in total. The number of rotatable bonds is 11. The van der Waals surface area contributed by atoms with E-state index in [1.807, 2.05) is 67.7 Å². The normalized spacial score (nSPS) is 17.4. The Labute approximate surface area is 342 Å². The smallest absolute Gasteiger partial charge is 0.405 e. The summed E-state index contributed by atoms with van der Waals surface area (Å²) in [6.45, 7) is 1.54. The Kier molecular flexibility index (Phi) is 10.9. The lowest BCUT2D eigenvalue weighted by molar-refractivity contribution is -0.134. The van der Waals surface area contributed by atoms with Gasteiger partial charge >= 0.3 is 6.09 Å². The number of amides is 3. The van der Waals surface area contributed by atoms with E-state index in [0.717, 1.165) is 70.8 Å². The number of hydrogen-bond donors (Lipinski definition) is 4. The summed E-state index contributed by atoms with van der Waals surface area (Å²) < 4.78 is 0.404. The van der Waals surface area contributed by atoms with Crippen molar-refractivity contribution in [1.82, 2.24) is 39.5 Å². The van der Waals surface area contributed by atoms with Gasteiger partial charge in [-0.3, -0.25) is 14.1 Å². The van der Waals surface area contributed by atoms with E-state index < -0.39 is 12.1 Å². The van der Waals surface area contributed by atoms with E-state index in [4.69, 9.17) is 16.6 Å². The van der Waals surface area contributed by atoms with Crippen LogP contribution in [0.15, 0.2) is 116 Å². The van der Waals surface area contributed by atoms with Crippen molar-refractivity contribution in [3.05, 3.63) is 138 Å². The van der Waals surface area contributed by atoms with Crippen LogP contribution in [0.1, 0.15) is 61.0 Å². The van der Waals surface area contributed by atoms with Crippen LogP contribution in [0, 0.1) is 0 Å². The molecule has 0 saturated carbocycles. The van der Waals surface area contributed by atoms with Crippen LogP contribution in [-0.2, 0) is 9.59 Å². The van der Waals surface area contributed by atoms with Crippen molar-refractivity contribution in [2.45, 2.75) is 43.8 Å². The number of H-pyrrole nitrogens is 2. The van der Waals surface area contributed by atoms with E-state index in [9.17, 15) is 19.5 Å². The number of nitrogens with one attached hydrogen (secondary N) is 3. The molecule has 3 amide bonds. The SMILES string of the molecule is C[N+](C)(CC(=O)N1CCC[C@H]1c1ncc(-c2ccc(-c3ccc(-c4cnc([C@@H]5CCCN5C(=O)[C@H](NC(=O)O)c5ccccc5)[nH]4)cc3)cc2)[nH]1)c1cccc(Cl)c1. The lowest BCUT2D eigenvalue weighted by Crippen LogP contribution is -2.49. The first kappa shape index (κ1) is 38.6. The number of carbonyl (C=O) groups is 3. The maximum atomic E-state index is 13.7. The molecule has 2 aliphatic heterocycles. The molecule has 2 saturated heterocycles. The predicted molar refractivity (Wildman–Crippen MR) is 225 cm³/mol. The topological polar surface area (TPSA) is 147 Å². The number of imidazole rings is 2. The highest BCUT2D eigenvalue weighted by Crippen LogP contribution is 2.36. The molecule has 6 aromatic rings. The van der Waals surface area contributed by atoms with Crippen LogP contribution in [-0.4, -0.2) is 86.5 Å². The van der Waals surface area contributed by atoms with Crippen molar-refractivity contribution in [2.24, 2.45) is 0 Å². The highest BCUT2D eigenvalue weighted by Gasteiger charge is 2.38. The van der Waals surface area contributed by atoms with Gasteiger partial charge in [-0.25, -0.2) is 14.8 Å². The summed E-state index contributed by atoms with van der Waals surface area (Å²) in [5, 5.41) is 12.6. The van der Waals surface area contributed by atoms with Crippen molar-refractivity contribution in [3.63, 3.8) is 0 Å². The highest BCUT2D eigenvalue weighted by atomic mass is 35.5. The molecule has 4 aromatic carbocycles. The van der Waals surface area contributed by atoms with Gasteiger partial charge in [-0.2, -0.15) is 0 Å². The van der Waals surface area contributed by atoms with Crippen LogP contribution in [0.4, 0.5) is 10.5 Å². The Balaban J connectivity index is 0.913. The first-order valence-corrected chi connectivity index (χ1v) is 20.0. The van der Waals surface area contributed by atoms with E-state index in [1.165, 1.54) is 0 Å². The molecule has 13 heteroatoms. The van der Waals surface area contributed by atoms with Crippen molar-refractivity contribution in [1.29, 1.82) is 0 Å². The van der Waals surface area contributed by atoms with Crippen molar-refractivity contribution in [3.8, 4) is 33.6 Å². The lowest BCUT2D eigenvalue weighted by Gasteiger charge is -2.32. The molecule has 0 spiro atoms. The van der Waals surface area contributed by atoms with Crippen LogP contribution < -0.4 is 9.80 Å². The van der Waals surface area contributed by atoms with Gasteiger partial charge in [-0.15, -0.1) is 0 Å². The maximum Gasteiger partial charge on any atom is 0.405 e. The molecule has 2 fully saturated rings. The Hall–Kier alpha value is -6.24. The van der Waals surface area contributed by atoms with Crippen LogP contribution in [0.3, 0.4) is 0 Å². The summed E-state index contributed by atoms with van der Waals surface area (Å²) in [7, 11) is 4.05. The summed E-state index contributed by atoms with van der Waals surface area (Å²) in [5.41, 5.74) is 7.41. The summed E-state index contributed by atoms with van der Waals surface area (Å²) in [5.74, 6) is 1.27. The van der Waals surface area contributed by atoms with Gasteiger partial charge in [0.05, 0.1) is 50.0 Å². The Morgan fingerprint density at radius 3 is 1.84 bits per heavy atom. The third-order valence-corrected chi connectivity index (χ3v) is 11.6. The molecule has 0 unspecified atom stereocenters. The fraction of sp³-hybridized carbons (Fsp3) is 0.267. The Morgan fingerprint density at radius 1 is 0.759 bits per heavy atom. The number of hydrogen-bond acceptors (Lipinski definition) is 5. The average Bonchev–Trinajstić information content (AvgIpc) is 4.07. The molecule has 0 aliphatic carbocycles. The van der Waals surface area contributed by atoms with Crippen LogP contribution in [0.2, 0.25) is 5.02 Å². The van der Waals surface area contributed by atoms with Gasteiger partial charge in [0.1, 0.15) is 23.4 Å². The van der Waals surface area contributed by atoms with Gasteiger partial charge in [0.25, 0.3) is 11.8 Å². The number of aromatic amines is 2. The number of benzene rings is 4. The summed E-state index contributed by atoms with van der Waals surface area (Å²) in [6.07, 6.45) is 5.68. The standard InChI is InChI=1S/C45H45ClN8O4/c1-54(2,35-12-6-11-34(46)25-35)28-40(55)52-23-7-13-38(52)42-47-26-36(49-42)31-19-15-29(16-20-31)30-17-21-32(22-18-30)37-27-48-43(50-37)39-14-8-24-53(39)44(56)41(51-45(57)58)33-9-4-3-5-10-33/h3-6,9-12,15-22,25-27,38-39,41,51H,7-8,13-14,23-24,28H2,1-2H3,(H2-,47,48,49,50,57,58)/p+1/t38-,39-,41+/m0/s1. The van der Waals surface area contributed by atoms with Gasteiger partial charge < -0.3 is 30.2 Å². The van der Waals surface area contributed by atoms with Crippen LogP contribution in [0.25, 0.3) is 33.6 Å². The zero-order valence-corrected chi connectivity index (χ0v) is 33.2. The molecule has 3 atom stereocenters. The lowest BCUT2D eigenvalue weighted by atomic mass is 10.0. The minimum atomic E-state index is -1.25. The molecule has 8 rings (SSSR count). The van der Waals surface area contributed by atoms with Gasteiger partial charge in [0, 0.05) is 24.2 Å². The quantitative estimate of drug-likeness (QED) is 0.0969. The number of quaternary nitrogens is 1. The fourth-order valence-corrected chi connectivity index (χ4v) is 8.43. The summed E-state index contributed by atoms with van der Waals surface area (Å²) in [4.78, 5) is 59.0. The molecule has 0 bridgehead atoms. The number of nitrogens with zero attached hydrogens (tertiary/aromatic N) is 5. The Morgan fingerprint density at radius 2 is 1.29 bits per heavy atom. The van der Waals surface area contributed by atoms with Gasteiger partial charge in [0.15, 0.2) is 6.54 Å². The number of carboxylic acid groups (broad SMARTS) is 1.